The summed E-state index contributed by atoms with van der Waals surface area (Å²) in [7, 11) is 0. The molecule has 1 aliphatic rings. The van der Waals surface area contributed by atoms with E-state index in [9.17, 15) is 14.4 Å². The van der Waals surface area contributed by atoms with Crippen molar-refractivity contribution < 1.29 is 19.1 Å². The van der Waals surface area contributed by atoms with Crippen LogP contribution in [0, 0.1) is 0 Å². The Morgan fingerprint density at radius 1 is 1.38 bits per heavy atom. The number of thiazole rings is 1. The molecule has 26 heavy (non-hydrogen) atoms. The molecule has 0 radical (unpaired) electrons. The Bertz CT molecular complexity index is 684. The van der Waals surface area contributed by atoms with Crippen LogP contribution in [-0.2, 0) is 27.3 Å². The Morgan fingerprint density at radius 3 is 2.77 bits per heavy atom. The molecular weight excluding hydrogens is 376 g/mol. The maximum absolute atomic E-state index is 12.2. The van der Waals surface area contributed by atoms with E-state index in [0.717, 1.165) is 10.6 Å². The fraction of sp³-hybridized carbons (Fsp3) is 0.625. The molecule has 10 heteroatoms. The van der Waals surface area contributed by atoms with E-state index in [2.05, 4.69) is 10.3 Å². The van der Waals surface area contributed by atoms with E-state index < -0.39 is 11.5 Å². The first-order valence-corrected chi connectivity index (χ1v) is 10.2. The summed E-state index contributed by atoms with van der Waals surface area (Å²) < 4.78 is 5.40. The number of nitrogens with zero attached hydrogens (tertiary/aromatic N) is 2. The molecule has 1 aromatic heterocycles. The monoisotopic (exact) mass is 400 g/mol. The normalized spacial score (nSPS) is 13.9. The van der Waals surface area contributed by atoms with Gasteiger partial charge in [-0.1, -0.05) is 11.3 Å². The summed E-state index contributed by atoms with van der Waals surface area (Å²) in [5.41, 5.74) is 5.43. The topological polar surface area (TPSA) is 115 Å². The zero-order valence-corrected chi connectivity index (χ0v) is 16.8. The molecule has 0 saturated carbocycles. The molecule has 3 amide bonds. The van der Waals surface area contributed by atoms with Gasteiger partial charge in [-0.3, -0.25) is 9.59 Å². The highest BCUT2D eigenvalue weighted by Crippen LogP contribution is 2.29. The quantitative estimate of drug-likeness (QED) is 0.706. The number of primary amides is 1. The van der Waals surface area contributed by atoms with Gasteiger partial charge in [-0.05, 0) is 20.8 Å². The van der Waals surface area contributed by atoms with Gasteiger partial charge in [-0.2, -0.15) is 11.8 Å². The van der Waals surface area contributed by atoms with E-state index in [1.807, 2.05) is 20.8 Å². The van der Waals surface area contributed by atoms with Crippen LogP contribution in [0.2, 0.25) is 0 Å². The summed E-state index contributed by atoms with van der Waals surface area (Å²) in [5.74, 6) is 0.181. The third-order valence-corrected chi connectivity index (χ3v) is 5.33. The van der Waals surface area contributed by atoms with Gasteiger partial charge in [0.2, 0.25) is 11.8 Å². The van der Waals surface area contributed by atoms with E-state index >= 15 is 0 Å². The second-order valence-corrected chi connectivity index (χ2v) is 9.05. The van der Waals surface area contributed by atoms with Crippen LogP contribution in [0.1, 0.15) is 37.8 Å². The molecular formula is C16H24N4O4S2. The highest BCUT2D eigenvalue weighted by atomic mass is 32.2. The maximum Gasteiger partial charge on any atom is 0.410 e. The van der Waals surface area contributed by atoms with Crippen molar-refractivity contribution in [2.45, 2.75) is 45.8 Å². The van der Waals surface area contributed by atoms with Gasteiger partial charge in [0.25, 0.3) is 0 Å². The van der Waals surface area contributed by atoms with E-state index in [-0.39, 0.29) is 24.2 Å². The van der Waals surface area contributed by atoms with Gasteiger partial charge >= 0.3 is 6.09 Å². The molecule has 0 unspecified atom stereocenters. The van der Waals surface area contributed by atoms with Crippen LogP contribution >= 0.6 is 23.1 Å². The number of amides is 3. The number of rotatable bonds is 6. The van der Waals surface area contributed by atoms with Crippen LogP contribution in [0.4, 0.5) is 9.93 Å². The van der Waals surface area contributed by atoms with Crippen LogP contribution in [0.25, 0.3) is 0 Å². The smallest absolute Gasteiger partial charge is 0.410 e. The lowest BCUT2D eigenvalue weighted by molar-refractivity contribution is -0.116. The van der Waals surface area contributed by atoms with Gasteiger partial charge in [0.15, 0.2) is 5.13 Å². The van der Waals surface area contributed by atoms with E-state index in [0.29, 0.717) is 30.4 Å². The largest absolute Gasteiger partial charge is 0.444 e. The Balaban J connectivity index is 1.86. The number of carbonyl (C=O) groups excluding carboxylic acids is 3. The van der Waals surface area contributed by atoms with Gasteiger partial charge in [0.1, 0.15) is 5.60 Å². The zero-order chi connectivity index (χ0) is 19.3. The fourth-order valence-electron chi connectivity index (χ4n) is 2.25. The molecule has 0 fully saturated rings. The third kappa shape index (κ3) is 6.49. The minimum absolute atomic E-state index is 0.155. The predicted octanol–water partition coefficient (Wildman–Crippen LogP) is 1.98. The minimum atomic E-state index is -0.531. The van der Waals surface area contributed by atoms with Gasteiger partial charge in [0.05, 0.1) is 18.0 Å². The second kappa shape index (κ2) is 8.72. The second-order valence-electron chi connectivity index (χ2n) is 6.86. The first-order chi connectivity index (χ1) is 12.1. The van der Waals surface area contributed by atoms with Crippen molar-refractivity contribution in [1.82, 2.24) is 9.88 Å². The molecule has 144 valence electrons. The number of thioether (sulfide) groups is 1. The molecule has 0 aromatic carbocycles. The minimum Gasteiger partial charge on any atom is -0.444 e. The highest BCUT2D eigenvalue weighted by Gasteiger charge is 2.28. The summed E-state index contributed by atoms with van der Waals surface area (Å²) >= 11 is 2.70. The molecule has 0 aliphatic carbocycles. The van der Waals surface area contributed by atoms with Crippen LogP contribution in [0.15, 0.2) is 0 Å². The fourth-order valence-corrected chi connectivity index (χ4v) is 3.97. The Labute approximate surface area is 160 Å². The number of aromatic nitrogens is 1. The van der Waals surface area contributed by atoms with Crippen molar-refractivity contribution in [3.05, 3.63) is 10.6 Å². The number of nitrogens with two attached hydrogens (primary N) is 1. The summed E-state index contributed by atoms with van der Waals surface area (Å²) in [4.78, 5) is 41.8. The van der Waals surface area contributed by atoms with Gasteiger partial charge < -0.3 is 20.7 Å². The number of ether oxygens (including phenoxy) is 1. The molecule has 1 aliphatic heterocycles. The number of nitrogens with one attached hydrogen (secondary N) is 1. The Kier molecular flexibility index (Phi) is 6.87. The third-order valence-electron chi connectivity index (χ3n) is 3.35. The molecule has 0 saturated heterocycles. The van der Waals surface area contributed by atoms with Crippen molar-refractivity contribution in [3.63, 3.8) is 0 Å². The van der Waals surface area contributed by atoms with Crippen molar-refractivity contribution in [2.24, 2.45) is 5.73 Å². The summed E-state index contributed by atoms with van der Waals surface area (Å²) in [6.45, 7) is 6.49. The predicted molar refractivity (Wildman–Crippen MR) is 102 cm³/mol. The van der Waals surface area contributed by atoms with Crippen molar-refractivity contribution in [1.29, 1.82) is 0 Å². The molecule has 0 bridgehead atoms. The highest BCUT2D eigenvalue weighted by molar-refractivity contribution is 7.99. The van der Waals surface area contributed by atoms with E-state index in [1.165, 1.54) is 23.1 Å². The molecule has 3 N–H and O–H groups in total. The van der Waals surface area contributed by atoms with Crippen molar-refractivity contribution in [3.8, 4) is 0 Å². The number of hydrogen-bond acceptors (Lipinski definition) is 7. The zero-order valence-electron chi connectivity index (χ0n) is 15.2. The summed E-state index contributed by atoms with van der Waals surface area (Å²) in [6.07, 6.45) is 0.579. The SMILES string of the molecule is CC(C)(C)OC(=O)N1CCc2nc(NC(=O)CCSCC(N)=O)sc2C1. The number of anilines is 1. The Hall–Kier alpha value is -1.81. The lowest BCUT2D eigenvalue weighted by Gasteiger charge is -2.29. The molecule has 2 heterocycles. The lowest BCUT2D eigenvalue weighted by Crippen LogP contribution is -2.39. The van der Waals surface area contributed by atoms with Crippen LogP contribution in [0.5, 0.6) is 0 Å². The first-order valence-electron chi connectivity index (χ1n) is 8.26. The van der Waals surface area contributed by atoms with Gasteiger partial charge in [-0.25, -0.2) is 9.78 Å². The van der Waals surface area contributed by atoms with Crippen LogP contribution < -0.4 is 11.1 Å². The molecule has 0 spiro atoms. The van der Waals surface area contributed by atoms with Crippen molar-refractivity contribution >= 4 is 46.1 Å². The number of hydrogen-bond donors (Lipinski definition) is 2. The van der Waals surface area contributed by atoms with E-state index in [1.54, 1.807) is 4.90 Å². The summed E-state index contributed by atoms with van der Waals surface area (Å²) in [5, 5.41) is 3.31. The number of carbonyl (C=O) groups is 3. The average Bonchev–Trinajstić information content (AvgIpc) is 2.90. The first kappa shape index (κ1) is 20.5. The standard InChI is InChI=1S/C16H24N4O4S2/c1-16(2,3)24-15(23)20-6-4-10-11(8-20)26-14(18-10)19-13(22)5-7-25-9-12(17)21/h4-9H2,1-3H3,(H2,17,21)(H,18,19,22). The van der Waals surface area contributed by atoms with Crippen LogP contribution in [-0.4, -0.2) is 51.4 Å². The van der Waals surface area contributed by atoms with Crippen LogP contribution in [0.3, 0.4) is 0 Å². The maximum atomic E-state index is 12.2. The van der Waals surface area contributed by atoms with E-state index in [4.69, 9.17) is 10.5 Å². The molecule has 0 atom stereocenters. The number of fused-ring (bicyclic) bond motifs is 1. The molecule has 8 nitrogen and oxygen atoms in total. The van der Waals surface area contributed by atoms with Gasteiger partial charge in [-0.15, -0.1) is 0 Å². The summed E-state index contributed by atoms with van der Waals surface area (Å²) in [6, 6.07) is 0. The van der Waals surface area contributed by atoms with Crippen molar-refractivity contribution in [2.75, 3.05) is 23.4 Å². The molecule has 1 aromatic rings. The average molecular weight is 401 g/mol. The molecule has 2 rings (SSSR count). The lowest BCUT2D eigenvalue weighted by atomic mass is 10.2. The van der Waals surface area contributed by atoms with Gasteiger partial charge in [0, 0.05) is 30.0 Å². The Morgan fingerprint density at radius 2 is 2.12 bits per heavy atom.